The number of hydrogen-bond donors (Lipinski definition) is 1. The Hall–Kier alpha value is -1.65. The molecule has 1 saturated heterocycles. The number of rotatable bonds is 4. The number of nitrogens with zero attached hydrogens (tertiary/aromatic N) is 2. The van der Waals surface area contributed by atoms with E-state index in [2.05, 4.69) is 40.5 Å². The molecule has 4 heteroatoms. The quantitative estimate of drug-likeness (QED) is 0.925. The fourth-order valence-electron chi connectivity index (χ4n) is 2.86. The van der Waals surface area contributed by atoms with E-state index in [4.69, 9.17) is 9.72 Å². The summed E-state index contributed by atoms with van der Waals surface area (Å²) in [5, 5.41) is 5.66. The summed E-state index contributed by atoms with van der Waals surface area (Å²) < 4.78 is 5.47. The Labute approximate surface area is 119 Å². The highest BCUT2D eigenvalue weighted by Crippen LogP contribution is 2.28. The zero-order valence-electron chi connectivity index (χ0n) is 12.1. The normalized spacial score (nSPS) is 18.9. The van der Waals surface area contributed by atoms with Crippen molar-refractivity contribution in [2.24, 2.45) is 0 Å². The molecule has 1 fully saturated rings. The van der Waals surface area contributed by atoms with E-state index in [1.165, 1.54) is 10.8 Å². The van der Waals surface area contributed by atoms with Crippen LogP contribution in [0.2, 0.25) is 0 Å². The summed E-state index contributed by atoms with van der Waals surface area (Å²) in [7, 11) is 3.74. The first kappa shape index (κ1) is 13.3. The second kappa shape index (κ2) is 5.77. The van der Waals surface area contributed by atoms with Crippen molar-refractivity contribution < 1.29 is 4.74 Å². The number of fused-ring (bicyclic) bond motifs is 1. The first-order valence-corrected chi connectivity index (χ1v) is 7.13. The highest BCUT2D eigenvalue weighted by atomic mass is 16.5. The fraction of sp³-hybridized carbons (Fsp3) is 0.438. The molecule has 106 valence electrons. The van der Waals surface area contributed by atoms with Crippen LogP contribution in [0.4, 0.5) is 5.82 Å². The van der Waals surface area contributed by atoms with Crippen molar-refractivity contribution in [1.29, 1.82) is 0 Å². The first-order chi connectivity index (χ1) is 9.81. The van der Waals surface area contributed by atoms with Crippen LogP contribution in [0.5, 0.6) is 0 Å². The molecule has 2 heterocycles. The molecule has 0 radical (unpaired) electrons. The molecule has 1 atom stereocenters. The van der Waals surface area contributed by atoms with Gasteiger partial charge in [-0.15, -0.1) is 0 Å². The van der Waals surface area contributed by atoms with E-state index in [0.717, 1.165) is 37.6 Å². The van der Waals surface area contributed by atoms with E-state index < -0.39 is 0 Å². The van der Waals surface area contributed by atoms with Gasteiger partial charge >= 0.3 is 0 Å². The van der Waals surface area contributed by atoms with Gasteiger partial charge in [0.15, 0.2) is 0 Å². The number of benzene rings is 1. The maximum absolute atomic E-state index is 5.47. The van der Waals surface area contributed by atoms with Crippen LogP contribution in [0.3, 0.4) is 0 Å². The van der Waals surface area contributed by atoms with Gasteiger partial charge in [0.2, 0.25) is 0 Å². The Balaban J connectivity index is 2.03. The third-order valence-corrected chi connectivity index (χ3v) is 3.91. The molecule has 0 aliphatic carbocycles. The monoisotopic (exact) mass is 271 g/mol. The van der Waals surface area contributed by atoms with E-state index in [-0.39, 0.29) is 0 Å². The summed E-state index contributed by atoms with van der Waals surface area (Å²) in [5.74, 6) is 1.09. The second-order valence-corrected chi connectivity index (χ2v) is 5.28. The van der Waals surface area contributed by atoms with Crippen molar-refractivity contribution in [1.82, 2.24) is 10.3 Å². The molecule has 4 nitrogen and oxygen atoms in total. The van der Waals surface area contributed by atoms with Crippen LogP contribution in [0, 0.1) is 0 Å². The van der Waals surface area contributed by atoms with Crippen LogP contribution in [0.1, 0.15) is 12.1 Å². The third kappa shape index (κ3) is 2.49. The lowest BCUT2D eigenvalue weighted by molar-refractivity contribution is 0.121. The molecule has 2 aromatic rings. The summed E-state index contributed by atoms with van der Waals surface area (Å²) in [6.45, 7) is 2.73. The predicted molar refractivity (Wildman–Crippen MR) is 82.1 cm³/mol. The van der Waals surface area contributed by atoms with Crippen LogP contribution in [0.25, 0.3) is 10.8 Å². The Bertz CT molecular complexity index is 599. The van der Waals surface area contributed by atoms with E-state index in [1.807, 2.05) is 7.05 Å². The molecule has 1 aromatic carbocycles. The zero-order valence-corrected chi connectivity index (χ0v) is 12.1. The molecule has 0 saturated carbocycles. The lowest BCUT2D eigenvalue weighted by atomic mass is 10.1. The van der Waals surface area contributed by atoms with Gasteiger partial charge in [-0.05, 0) is 24.9 Å². The van der Waals surface area contributed by atoms with Gasteiger partial charge in [-0.1, -0.05) is 24.3 Å². The molecule has 1 aliphatic rings. The van der Waals surface area contributed by atoms with Crippen LogP contribution in [-0.2, 0) is 11.3 Å². The van der Waals surface area contributed by atoms with Gasteiger partial charge in [-0.2, -0.15) is 0 Å². The van der Waals surface area contributed by atoms with E-state index in [9.17, 15) is 0 Å². The van der Waals surface area contributed by atoms with Gasteiger partial charge < -0.3 is 15.0 Å². The van der Waals surface area contributed by atoms with E-state index in [1.54, 1.807) is 7.11 Å². The number of pyridine rings is 1. The lowest BCUT2D eigenvalue weighted by Crippen LogP contribution is -2.24. The molecule has 1 aliphatic heterocycles. The van der Waals surface area contributed by atoms with E-state index in [0.29, 0.717) is 6.10 Å². The number of hydrogen-bond acceptors (Lipinski definition) is 4. The second-order valence-electron chi connectivity index (χ2n) is 5.28. The van der Waals surface area contributed by atoms with Crippen molar-refractivity contribution in [3.8, 4) is 0 Å². The Morgan fingerprint density at radius 3 is 3.00 bits per heavy atom. The van der Waals surface area contributed by atoms with Crippen LogP contribution >= 0.6 is 0 Å². The highest BCUT2D eigenvalue weighted by Gasteiger charge is 2.24. The fourth-order valence-corrected chi connectivity index (χ4v) is 2.86. The molecule has 1 N–H and O–H groups in total. The number of methoxy groups -OCH3 is 1. The smallest absolute Gasteiger partial charge is 0.136 e. The van der Waals surface area contributed by atoms with Crippen LogP contribution in [0.15, 0.2) is 30.3 Å². The van der Waals surface area contributed by atoms with Crippen molar-refractivity contribution in [3.05, 3.63) is 36.0 Å². The maximum atomic E-state index is 5.47. The van der Waals surface area contributed by atoms with Gasteiger partial charge in [0.25, 0.3) is 0 Å². The van der Waals surface area contributed by atoms with Crippen LogP contribution in [-0.4, -0.2) is 38.3 Å². The molecular weight excluding hydrogens is 250 g/mol. The first-order valence-electron chi connectivity index (χ1n) is 7.13. The lowest BCUT2D eigenvalue weighted by Gasteiger charge is -2.20. The standard InChI is InChI=1S/C16H21N3O/c1-17-10-13-9-12-5-3-4-6-15(12)16(18-13)19-8-7-14(11-19)20-2/h3-6,9,14,17H,7-8,10-11H2,1-2H3. The number of aromatic nitrogens is 1. The zero-order chi connectivity index (χ0) is 13.9. The summed E-state index contributed by atoms with van der Waals surface area (Å²) in [6, 6.07) is 10.6. The molecule has 20 heavy (non-hydrogen) atoms. The molecule has 3 rings (SSSR count). The Kier molecular flexibility index (Phi) is 3.85. The van der Waals surface area contributed by atoms with Crippen molar-refractivity contribution in [2.45, 2.75) is 19.1 Å². The summed E-state index contributed by atoms with van der Waals surface area (Å²) in [4.78, 5) is 7.19. The molecular formula is C16H21N3O. The summed E-state index contributed by atoms with van der Waals surface area (Å²) in [6.07, 6.45) is 1.39. The number of nitrogens with one attached hydrogen (secondary N) is 1. The van der Waals surface area contributed by atoms with Gasteiger partial charge in [-0.3, -0.25) is 0 Å². The maximum Gasteiger partial charge on any atom is 0.136 e. The van der Waals surface area contributed by atoms with Gasteiger partial charge in [-0.25, -0.2) is 4.98 Å². The predicted octanol–water partition coefficient (Wildman–Crippen LogP) is 2.18. The molecule has 0 amide bonds. The Morgan fingerprint density at radius 2 is 2.25 bits per heavy atom. The molecule has 1 unspecified atom stereocenters. The molecule has 0 bridgehead atoms. The van der Waals surface area contributed by atoms with Crippen LogP contribution < -0.4 is 10.2 Å². The van der Waals surface area contributed by atoms with Gasteiger partial charge in [0.05, 0.1) is 11.8 Å². The third-order valence-electron chi connectivity index (χ3n) is 3.91. The summed E-state index contributed by atoms with van der Waals surface area (Å²) >= 11 is 0. The minimum Gasteiger partial charge on any atom is -0.380 e. The topological polar surface area (TPSA) is 37.4 Å². The highest BCUT2D eigenvalue weighted by molar-refractivity contribution is 5.92. The van der Waals surface area contributed by atoms with Crippen molar-refractivity contribution >= 4 is 16.6 Å². The largest absolute Gasteiger partial charge is 0.380 e. The van der Waals surface area contributed by atoms with Crippen molar-refractivity contribution in [3.63, 3.8) is 0 Å². The van der Waals surface area contributed by atoms with Gasteiger partial charge in [0, 0.05) is 32.1 Å². The van der Waals surface area contributed by atoms with Gasteiger partial charge in [0.1, 0.15) is 5.82 Å². The Morgan fingerprint density at radius 1 is 1.40 bits per heavy atom. The SMILES string of the molecule is CNCc1cc2ccccc2c(N2CCC(OC)C2)n1. The summed E-state index contributed by atoms with van der Waals surface area (Å²) in [5.41, 5.74) is 1.09. The number of anilines is 1. The molecule has 0 spiro atoms. The molecule has 1 aromatic heterocycles. The average molecular weight is 271 g/mol. The number of ether oxygens (including phenoxy) is 1. The minimum atomic E-state index is 0.323. The minimum absolute atomic E-state index is 0.323. The van der Waals surface area contributed by atoms with Crippen molar-refractivity contribution in [2.75, 3.05) is 32.1 Å². The van der Waals surface area contributed by atoms with E-state index >= 15 is 0 Å². The average Bonchev–Trinajstić information content (AvgIpc) is 2.95.